The van der Waals surface area contributed by atoms with E-state index in [1.54, 1.807) is 26.0 Å². The first-order chi connectivity index (χ1) is 14.5. The highest BCUT2D eigenvalue weighted by atomic mass is 35.5. The van der Waals surface area contributed by atoms with Crippen molar-refractivity contribution in [1.82, 2.24) is 35.2 Å². The summed E-state index contributed by atoms with van der Waals surface area (Å²) >= 11 is 6.16. The van der Waals surface area contributed by atoms with Gasteiger partial charge in [-0.15, -0.1) is 10.2 Å². The third kappa shape index (κ3) is 4.73. The van der Waals surface area contributed by atoms with Crippen LogP contribution in [0.2, 0.25) is 5.02 Å². The summed E-state index contributed by atoms with van der Waals surface area (Å²) in [5.74, 6) is 2.12. The molecular weight excluding hydrogens is 406 g/mol. The molecule has 0 spiro atoms. The molecule has 1 fully saturated rings. The number of amides is 1. The number of halogens is 1. The van der Waals surface area contributed by atoms with E-state index in [1.807, 2.05) is 23.1 Å². The standard InChI is InChI=1S/C20H22ClN7O2/c1-13-23-26-28(24-13)12-17-11-18(21)5-3-15(17)4-6-19(29)27-9-7-16(8-10-27)20-22-14(2)30-25-20/h3-6,11,16H,7-10,12H2,1-2H3/b6-4+. The topological polar surface area (TPSA) is 103 Å². The highest BCUT2D eigenvalue weighted by Gasteiger charge is 2.25. The maximum absolute atomic E-state index is 12.7. The molecule has 3 heterocycles. The summed E-state index contributed by atoms with van der Waals surface area (Å²) in [5.41, 5.74) is 1.80. The Bertz CT molecular complexity index is 1070. The number of aryl methyl sites for hydroxylation is 2. The van der Waals surface area contributed by atoms with Gasteiger partial charge < -0.3 is 9.42 Å². The molecule has 0 radical (unpaired) electrons. The molecular formula is C20H22ClN7O2. The number of hydrogen-bond donors (Lipinski definition) is 0. The van der Waals surface area contributed by atoms with E-state index in [4.69, 9.17) is 16.1 Å². The van der Waals surface area contributed by atoms with Crippen LogP contribution in [0, 0.1) is 13.8 Å². The number of carbonyl (C=O) groups excluding carboxylic acids is 1. The molecule has 0 bridgehead atoms. The first-order valence-corrected chi connectivity index (χ1v) is 10.2. The zero-order valence-corrected chi connectivity index (χ0v) is 17.6. The van der Waals surface area contributed by atoms with Crippen molar-refractivity contribution in [1.29, 1.82) is 0 Å². The Morgan fingerprint density at radius 1 is 1.30 bits per heavy atom. The van der Waals surface area contributed by atoms with Gasteiger partial charge in [0.2, 0.25) is 11.8 Å². The maximum Gasteiger partial charge on any atom is 0.246 e. The van der Waals surface area contributed by atoms with Crippen LogP contribution >= 0.6 is 11.6 Å². The molecule has 4 rings (SSSR count). The molecule has 1 aliphatic heterocycles. The van der Waals surface area contributed by atoms with Crippen molar-refractivity contribution in [2.75, 3.05) is 13.1 Å². The summed E-state index contributed by atoms with van der Waals surface area (Å²) in [4.78, 5) is 20.3. The van der Waals surface area contributed by atoms with Gasteiger partial charge in [0, 0.05) is 37.0 Å². The number of aromatic nitrogens is 6. The highest BCUT2D eigenvalue weighted by molar-refractivity contribution is 6.30. The smallest absolute Gasteiger partial charge is 0.246 e. The lowest BCUT2D eigenvalue weighted by Gasteiger charge is -2.29. The normalized spacial score (nSPS) is 15.2. The summed E-state index contributed by atoms with van der Waals surface area (Å²) in [7, 11) is 0. The van der Waals surface area contributed by atoms with E-state index in [1.165, 1.54) is 4.80 Å². The van der Waals surface area contributed by atoms with Crippen molar-refractivity contribution in [2.45, 2.75) is 39.2 Å². The number of carbonyl (C=O) groups is 1. The van der Waals surface area contributed by atoms with Gasteiger partial charge in [-0.1, -0.05) is 22.8 Å². The minimum atomic E-state index is -0.0200. The fourth-order valence-corrected chi connectivity index (χ4v) is 3.72. The molecule has 0 saturated carbocycles. The van der Waals surface area contributed by atoms with Gasteiger partial charge in [0.05, 0.1) is 6.54 Å². The molecule has 156 valence electrons. The van der Waals surface area contributed by atoms with Gasteiger partial charge >= 0.3 is 0 Å². The molecule has 3 aromatic rings. The Labute approximate surface area is 178 Å². The highest BCUT2D eigenvalue weighted by Crippen LogP contribution is 2.26. The van der Waals surface area contributed by atoms with E-state index < -0.39 is 0 Å². The maximum atomic E-state index is 12.7. The van der Waals surface area contributed by atoms with Gasteiger partial charge in [0.25, 0.3) is 0 Å². The molecule has 9 nitrogen and oxygen atoms in total. The second-order valence-electron chi connectivity index (χ2n) is 7.31. The predicted octanol–water partition coefficient (Wildman–Crippen LogP) is 2.79. The van der Waals surface area contributed by atoms with Crippen LogP contribution in [0.4, 0.5) is 0 Å². The lowest BCUT2D eigenvalue weighted by molar-refractivity contribution is -0.127. The first kappa shape index (κ1) is 20.2. The van der Waals surface area contributed by atoms with Crippen LogP contribution in [-0.2, 0) is 11.3 Å². The second-order valence-corrected chi connectivity index (χ2v) is 7.75. The number of rotatable bonds is 5. The largest absolute Gasteiger partial charge is 0.340 e. The molecule has 1 amide bonds. The molecule has 1 saturated heterocycles. The minimum absolute atomic E-state index is 0.0200. The zero-order valence-electron chi connectivity index (χ0n) is 16.8. The lowest BCUT2D eigenvalue weighted by Crippen LogP contribution is -2.37. The van der Waals surface area contributed by atoms with E-state index in [0.717, 1.165) is 29.8 Å². The van der Waals surface area contributed by atoms with Crippen molar-refractivity contribution in [3.63, 3.8) is 0 Å². The molecule has 2 aromatic heterocycles. The fourth-order valence-electron chi connectivity index (χ4n) is 3.52. The average molecular weight is 428 g/mol. The van der Waals surface area contributed by atoms with E-state index >= 15 is 0 Å². The van der Waals surface area contributed by atoms with Crippen LogP contribution in [-0.4, -0.2) is 54.2 Å². The van der Waals surface area contributed by atoms with Crippen LogP contribution in [0.25, 0.3) is 6.08 Å². The van der Waals surface area contributed by atoms with Crippen LogP contribution in [0.5, 0.6) is 0 Å². The summed E-state index contributed by atoms with van der Waals surface area (Å²) in [6, 6.07) is 5.53. The molecule has 0 N–H and O–H groups in total. The Balaban J connectivity index is 1.40. The number of likely N-dealkylation sites (tertiary alicyclic amines) is 1. The molecule has 30 heavy (non-hydrogen) atoms. The molecule has 0 atom stereocenters. The van der Waals surface area contributed by atoms with Crippen molar-refractivity contribution in [3.05, 3.63) is 58.0 Å². The first-order valence-electron chi connectivity index (χ1n) is 9.78. The SMILES string of the molecule is Cc1nnn(Cc2cc(Cl)ccc2/C=C/C(=O)N2CCC(c3noc(C)n3)CC2)n1. The average Bonchev–Trinajstić information content (AvgIpc) is 3.35. The van der Waals surface area contributed by atoms with Crippen LogP contribution in [0.1, 0.15) is 47.4 Å². The molecule has 1 aromatic carbocycles. The summed E-state index contributed by atoms with van der Waals surface area (Å²) < 4.78 is 5.07. The third-order valence-electron chi connectivity index (χ3n) is 5.09. The molecule has 0 aliphatic carbocycles. The van der Waals surface area contributed by atoms with E-state index in [2.05, 4.69) is 25.6 Å². The summed E-state index contributed by atoms with van der Waals surface area (Å²) in [6.45, 7) is 5.31. The minimum Gasteiger partial charge on any atom is -0.340 e. The van der Waals surface area contributed by atoms with Crippen molar-refractivity contribution in [3.8, 4) is 0 Å². The lowest BCUT2D eigenvalue weighted by atomic mass is 9.96. The number of nitrogens with zero attached hydrogens (tertiary/aromatic N) is 7. The summed E-state index contributed by atoms with van der Waals surface area (Å²) in [6.07, 6.45) is 5.06. The molecule has 10 heteroatoms. The molecule has 1 aliphatic rings. The number of tetrazole rings is 1. The molecule has 0 unspecified atom stereocenters. The Hall–Kier alpha value is -3.07. The zero-order chi connectivity index (χ0) is 21.1. The second kappa shape index (κ2) is 8.74. The number of benzene rings is 1. The van der Waals surface area contributed by atoms with Crippen LogP contribution < -0.4 is 0 Å². The fraction of sp³-hybridized carbons (Fsp3) is 0.400. The van der Waals surface area contributed by atoms with Gasteiger partial charge in [-0.25, -0.2) is 0 Å². The van der Waals surface area contributed by atoms with Crippen LogP contribution in [0.15, 0.2) is 28.8 Å². The summed E-state index contributed by atoms with van der Waals surface area (Å²) in [5, 5.41) is 16.7. The van der Waals surface area contributed by atoms with Gasteiger partial charge in [-0.05, 0) is 54.3 Å². The van der Waals surface area contributed by atoms with Gasteiger partial charge in [-0.3, -0.25) is 4.79 Å². The van der Waals surface area contributed by atoms with Gasteiger partial charge in [-0.2, -0.15) is 9.78 Å². The quantitative estimate of drug-likeness (QED) is 0.576. The Kier molecular flexibility index (Phi) is 5.89. The van der Waals surface area contributed by atoms with Crippen molar-refractivity contribution >= 4 is 23.6 Å². The van der Waals surface area contributed by atoms with E-state index in [0.29, 0.717) is 36.4 Å². The number of hydrogen-bond acceptors (Lipinski definition) is 7. The Morgan fingerprint density at radius 2 is 2.10 bits per heavy atom. The van der Waals surface area contributed by atoms with Crippen molar-refractivity contribution < 1.29 is 9.32 Å². The van der Waals surface area contributed by atoms with Crippen LogP contribution in [0.3, 0.4) is 0 Å². The van der Waals surface area contributed by atoms with Crippen molar-refractivity contribution in [2.24, 2.45) is 0 Å². The predicted molar refractivity (Wildman–Crippen MR) is 110 cm³/mol. The monoisotopic (exact) mass is 427 g/mol. The van der Waals surface area contributed by atoms with E-state index in [9.17, 15) is 4.79 Å². The third-order valence-corrected chi connectivity index (χ3v) is 5.33. The van der Waals surface area contributed by atoms with E-state index in [-0.39, 0.29) is 11.8 Å². The number of piperidine rings is 1. The Morgan fingerprint density at radius 3 is 2.77 bits per heavy atom. The van der Waals surface area contributed by atoms with Gasteiger partial charge in [0.15, 0.2) is 11.6 Å². The van der Waals surface area contributed by atoms with Gasteiger partial charge in [0.1, 0.15) is 0 Å².